The minimum Gasteiger partial charge on any atom is -0.455 e. The fourth-order valence-corrected chi connectivity index (χ4v) is 2.86. The van der Waals surface area contributed by atoms with E-state index in [1.807, 2.05) is 56.3 Å². The number of carbonyl (C=O) groups excluding carboxylic acids is 1. The van der Waals surface area contributed by atoms with Gasteiger partial charge in [0.15, 0.2) is 0 Å². The summed E-state index contributed by atoms with van der Waals surface area (Å²) in [6.45, 7) is 10.3. The first-order chi connectivity index (χ1) is 11.4. The predicted octanol–water partition coefficient (Wildman–Crippen LogP) is 5.94. The Kier molecular flexibility index (Phi) is 5.82. The Labute approximate surface area is 145 Å². The maximum absolute atomic E-state index is 12.8. The van der Waals surface area contributed by atoms with Gasteiger partial charge >= 0.3 is 5.97 Å². The Morgan fingerprint density at radius 2 is 1.58 bits per heavy atom. The van der Waals surface area contributed by atoms with Crippen molar-refractivity contribution in [2.45, 2.75) is 58.5 Å². The number of carbonyl (C=O) groups is 1. The van der Waals surface area contributed by atoms with Crippen LogP contribution < -0.4 is 0 Å². The summed E-state index contributed by atoms with van der Waals surface area (Å²) < 4.78 is 5.94. The van der Waals surface area contributed by atoms with E-state index in [1.54, 1.807) is 0 Å². The molecule has 0 aromatic heterocycles. The molecule has 0 spiro atoms. The van der Waals surface area contributed by atoms with Gasteiger partial charge in [0.25, 0.3) is 0 Å². The second-order valence-electron chi connectivity index (χ2n) is 7.02. The molecule has 0 saturated heterocycles. The monoisotopic (exact) mass is 324 g/mol. The first kappa shape index (κ1) is 18.3. The summed E-state index contributed by atoms with van der Waals surface area (Å²) in [7, 11) is 0. The Balaban J connectivity index is 2.23. The molecule has 0 aliphatic heterocycles. The number of ether oxygens (including phenoxy) is 1. The molecule has 2 nitrogen and oxygen atoms in total. The van der Waals surface area contributed by atoms with Crippen LogP contribution in [-0.2, 0) is 4.74 Å². The molecule has 2 rings (SSSR count). The minimum absolute atomic E-state index is 0.110. The van der Waals surface area contributed by atoms with E-state index in [4.69, 9.17) is 4.74 Å². The van der Waals surface area contributed by atoms with Gasteiger partial charge in [-0.25, -0.2) is 4.79 Å². The van der Waals surface area contributed by atoms with Crippen LogP contribution in [0.25, 0.3) is 0 Å². The van der Waals surface area contributed by atoms with Crippen LogP contribution in [0.3, 0.4) is 0 Å². The van der Waals surface area contributed by atoms with E-state index in [2.05, 4.69) is 32.9 Å². The second-order valence-corrected chi connectivity index (χ2v) is 7.02. The third-order valence-electron chi connectivity index (χ3n) is 5.02. The predicted molar refractivity (Wildman–Crippen MR) is 99.5 cm³/mol. The fourth-order valence-electron chi connectivity index (χ4n) is 2.86. The zero-order valence-corrected chi connectivity index (χ0v) is 15.4. The van der Waals surface area contributed by atoms with Crippen molar-refractivity contribution in [2.75, 3.05) is 0 Å². The highest BCUT2D eigenvalue weighted by Crippen LogP contribution is 2.32. The lowest BCUT2D eigenvalue weighted by molar-refractivity contribution is -0.0112. The van der Waals surface area contributed by atoms with Gasteiger partial charge in [-0.3, -0.25) is 0 Å². The third-order valence-corrected chi connectivity index (χ3v) is 5.02. The molecular formula is C22H28O2. The van der Waals surface area contributed by atoms with Gasteiger partial charge in [0.05, 0.1) is 5.56 Å². The van der Waals surface area contributed by atoms with Gasteiger partial charge in [0, 0.05) is 5.92 Å². The molecule has 2 unspecified atom stereocenters. The first-order valence-electron chi connectivity index (χ1n) is 8.74. The topological polar surface area (TPSA) is 26.3 Å². The molecule has 0 fully saturated rings. The molecule has 2 heteroatoms. The quantitative estimate of drug-likeness (QED) is 0.615. The summed E-state index contributed by atoms with van der Waals surface area (Å²) in [6, 6.07) is 18.0. The van der Waals surface area contributed by atoms with Crippen LogP contribution in [0, 0.1) is 0 Å². The Morgan fingerprint density at radius 3 is 2.21 bits per heavy atom. The van der Waals surface area contributed by atoms with E-state index in [-0.39, 0.29) is 11.9 Å². The van der Waals surface area contributed by atoms with E-state index in [9.17, 15) is 4.79 Å². The van der Waals surface area contributed by atoms with Crippen LogP contribution in [0.1, 0.15) is 74.4 Å². The van der Waals surface area contributed by atoms with Crippen molar-refractivity contribution in [2.24, 2.45) is 0 Å². The average Bonchev–Trinajstić information content (AvgIpc) is 2.60. The highest BCUT2D eigenvalue weighted by Gasteiger charge is 2.32. The van der Waals surface area contributed by atoms with E-state index >= 15 is 0 Å². The van der Waals surface area contributed by atoms with Crippen molar-refractivity contribution in [3.05, 3.63) is 71.3 Å². The molecule has 0 amide bonds. The first-order valence-corrected chi connectivity index (χ1v) is 8.74. The zero-order valence-electron chi connectivity index (χ0n) is 15.4. The molecule has 24 heavy (non-hydrogen) atoms. The summed E-state index contributed by atoms with van der Waals surface area (Å²) in [5.41, 5.74) is 2.33. The second kappa shape index (κ2) is 7.65. The Morgan fingerprint density at radius 1 is 1.00 bits per heavy atom. The summed E-state index contributed by atoms with van der Waals surface area (Å²) in [6.07, 6.45) is 0.994. The van der Waals surface area contributed by atoms with Crippen molar-refractivity contribution in [3.63, 3.8) is 0 Å². The lowest BCUT2D eigenvalue weighted by atomic mass is 9.86. The maximum Gasteiger partial charge on any atom is 0.338 e. The normalized spacial score (nSPS) is 14.0. The minimum atomic E-state index is -0.582. The molecule has 128 valence electrons. The van der Waals surface area contributed by atoms with Crippen molar-refractivity contribution >= 4 is 5.97 Å². The maximum atomic E-state index is 12.8. The molecule has 0 aliphatic carbocycles. The van der Waals surface area contributed by atoms with Crippen molar-refractivity contribution in [3.8, 4) is 0 Å². The van der Waals surface area contributed by atoms with Gasteiger partial charge in [0.1, 0.15) is 5.60 Å². The van der Waals surface area contributed by atoms with Gasteiger partial charge in [-0.1, -0.05) is 69.3 Å². The summed E-state index contributed by atoms with van der Waals surface area (Å²) >= 11 is 0. The van der Waals surface area contributed by atoms with Crippen molar-refractivity contribution < 1.29 is 9.53 Å². The van der Waals surface area contributed by atoms with Crippen LogP contribution in [-0.4, -0.2) is 11.6 Å². The van der Waals surface area contributed by atoms with Crippen molar-refractivity contribution in [1.82, 2.24) is 0 Å². The van der Waals surface area contributed by atoms with Crippen LogP contribution in [0.15, 0.2) is 54.6 Å². The summed E-state index contributed by atoms with van der Waals surface area (Å²) in [5.74, 6) is 0.209. The molecule has 0 heterocycles. The molecule has 0 aliphatic rings. The number of benzene rings is 2. The van der Waals surface area contributed by atoms with E-state index in [1.165, 1.54) is 5.56 Å². The van der Waals surface area contributed by atoms with E-state index in [0.717, 1.165) is 12.0 Å². The highest BCUT2D eigenvalue weighted by atomic mass is 16.6. The van der Waals surface area contributed by atoms with Crippen LogP contribution in [0.5, 0.6) is 0 Å². The molecule has 0 N–H and O–H groups in total. The fraction of sp³-hybridized carbons (Fsp3) is 0.409. The standard InChI is InChI=1S/C22H28O2/c1-6-16(2)19-14-10-11-15-20(19)21(23)24-22(4,5)17(3)18-12-8-7-9-13-18/h7-17H,6H2,1-5H3. The molecule has 2 aromatic rings. The van der Waals surface area contributed by atoms with Gasteiger partial charge in [-0.2, -0.15) is 0 Å². The molecule has 2 aromatic carbocycles. The number of hydrogen-bond donors (Lipinski definition) is 0. The molecule has 0 bridgehead atoms. The number of esters is 1. The molecular weight excluding hydrogens is 296 g/mol. The number of hydrogen-bond acceptors (Lipinski definition) is 2. The molecule has 0 saturated carbocycles. The summed E-state index contributed by atoms with van der Waals surface area (Å²) in [5, 5.41) is 0. The van der Waals surface area contributed by atoms with Crippen LogP contribution in [0.4, 0.5) is 0 Å². The highest BCUT2D eigenvalue weighted by molar-refractivity contribution is 5.91. The molecule has 0 radical (unpaired) electrons. The average molecular weight is 324 g/mol. The van der Waals surface area contributed by atoms with Crippen LogP contribution in [0.2, 0.25) is 0 Å². The van der Waals surface area contributed by atoms with E-state index in [0.29, 0.717) is 11.5 Å². The summed E-state index contributed by atoms with van der Waals surface area (Å²) in [4.78, 5) is 12.8. The lowest BCUT2D eigenvalue weighted by Gasteiger charge is -2.32. The largest absolute Gasteiger partial charge is 0.455 e. The van der Waals surface area contributed by atoms with Crippen molar-refractivity contribution in [1.29, 1.82) is 0 Å². The van der Waals surface area contributed by atoms with Gasteiger partial charge < -0.3 is 4.74 Å². The van der Waals surface area contributed by atoms with Gasteiger partial charge in [-0.05, 0) is 43.4 Å². The smallest absolute Gasteiger partial charge is 0.338 e. The number of rotatable bonds is 6. The zero-order chi connectivity index (χ0) is 17.7. The SMILES string of the molecule is CCC(C)c1ccccc1C(=O)OC(C)(C)C(C)c1ccccc1. The van der Waals surface area contributed by atoms with Gasteiger partial charge in [-0.15, -0.1) is 0 Å². The Bertz CT molecular complexity index is 673. The molecule has 2 atom stereocenters. The van der Waals surface area contributed by atoms with Crippen LogP contribution >= 0.6 is 0 Å². The van der Waals surface area contributed by atoms with Gasteiger partial charge in [0.2, 0.25) is 0 Å². The lowest BCUT2D eigenvalue weighted by Crippen LogP contribution is -2.34. The van der Waals surface area contributed by atoms with E-state index < -0.39 is 5.60 Å². The Hall–Kier alpha value is -2.09. The third kappa shape index (κ3) is 4.05.